The van der Waals surface area contributed by atoms with Crippen LogP contribution in [0.25, 0.3) is 0 Å². The van der Waals surface area contributed by atoms with E-state index in [-0.39, 0.29) is 10.9 Å². The molecule has 1 aliphatic heterocycles. The Kier molecular flexibility index (Phi) is 3.92. The van der Waals surface area contributed by atoms with E-state index < -0.39 is 21.7 Å². The van der Waals surface area contributed by atoms with Gasteiger partial charge in [-0.3, -0.25) is 4.98 Å². The van der Waals surface area contributed by atoms with Crippen LogP contribution in [0, 0.1) is 11.6 Å². The zero-order valence-corrected chi connectivity index (χ0v) is 12.4. The minimum Gasteiger partial charge on any atom is -0.264 e. The first kappa shape index (κ1) is 15.1. The fourth-order valence-corrected chi connectivity index (χ4v) is 4.47. The maximum atomic E-state index is 13.3. The van der Waals surface area contributed by atoms with Crippen LogP contribution in [-0.4, -0.2) is 24.3 Å². The summed E-state index contributed by atoms with van der Waals surface area (Å²) in [6.45, 7) is 0.319. The molecule has 2 heterocycles. The molecule has 0 aliphatic carbocycles. The van der Waals surface area contributed by atoms with Gasteiger partial charge in [-0.15, -0.1) is 0 Å². The monoisotopic (exact) mass is 324 g/mol. The van der Waals surface area contributed by atoms with Crippen LogP contribution in [0.5, 0.6) is 0 Å². The summed E-state index contributed by atoms with van der Waals surface area (Å²) >= 11 is 0. The zero-order valence-electron chi connectivity index (χ0n) is 11.6. The second kappa shape index (κ2) is 5.73. The normalized spacial score (nSPS) is 19.5. The Balaban J connectivity index is 2.01. The molecule has 1 atom stereocenters. The first-order chi connectivity index (χ1) is 10.5. The van der Waals surface area contributed by atoms with Gasteiger partial charge in [0.1, 0.15) is 11.6 Å². The maximum Gasteiger partial charge on any atom is 0.243 e. The predicted molar refractivity (Wildman–Crippen MR) is 76.5 cm³/mol. The van der Waals surface area contributed by atoms with Crippen LogP contribution >= 0.6 is 0 Å². The number of sulfonamides is 1. The quantitative estimate of drug-likeness (QED) is 0.872. The predicted octanol–water partition coefficient (Wildman–Crippen LogP) is 2.89. The molecule has 0 spiro atoms. The molecule has 0 N–H and O–H groups in total. The largest absolute Gasteiger partial charge is 0.264 e. The van der Waals surface area contributed by atoms with Crippen molar-refractivity contribution in [1.82, 2.24) is 9.29 Å². The molecule has 1 saturated heterocycles. The van der Waals surface area contributed by atoms with E-state index in [1.54, 1.807) is 24.5 Å². The Morgan fingerprint density at radius 2 is 1.91 bits per heavy atom. The summed E-state index contributed by atoms with van der Waals surface area (Å²) in [5.41, 5.74) is 0.778. The van der Waals surface area contributed by atoms with Gasteiger partial charge in [0.05, 0.1) is 10.9 Å². The number of hydrogen-bond donors (Lipinski definition) is 0. The van der Waals surface area contributed by atoms with Gasteiger partial charge < -0.3 is 0 Å². The van der Waals surface area contributed by atoms with Crippen molar-refractivity contribution in [3.05, 3.63) is 59.9 Å². The Labute approximate surface area is 127 Å². The third kappa shape index (κ3) is 2.74. The lowest BCUT2D eigenvalue weighted by atomic mass is 10.1. The summed E-state index contributed by atoms with van der Waals surface area (Å²) in [6.07, 6.45) is 4.57. The molecule has 1 fully saturated rings. The number of halogens is 2. The lowest BCUT2D eigenvalue weighted by Crippen LogP contribution is -2.30. The number of pyridine rings is 1. The van der Waals surface area contributed by atoms with Crippen LogP contribution < -0.4 is 0 Å². The van der Waals surface area contributed by atoms with E-state index in [2.05, 4.69) is 4.98 Å². The lowest BCUT2D eigenvalue weighted by Gasteiger charge is -2.24. The fourth-order valence-electron chi connectivity index (χ4n) is 2.75. The van der Waals surface area contributed by atoms with Crippen LogP contribution in [0.15, 0.2) is 47.6 Å². The highest BCUT2D eigenvalue weighted by Gasteiger charge is 2.36. The van der Waals surface area contributed by atoms with Gasteiger partial charge in [0.25, 0.3) is 0 Å². The summed E-state index contributed by atoms with van der Waals surface area (Å²) in [4.78, 5) is 3.64. The Bertz CT molecular complexity index is 761. The van der Waals surface area contributed by atoms with Crippen LogP contribution in [0.4, 0.5) is 8.78 Å². The lowest BCUT2D eigenvalue weighted by molar-refractivity contribution is 0.395. The van der Waals surface area contributed by atoms with Crippen molar-refractivity contribution in [2.75, 3.05) is 6.54 Å². The Morgan fingerprint density at radius 1 is 1.18 bits per heavy atom. The summed E-state index contributed by atoms with van der Waals surface area (Å²) in [6, 6.07) is 5.53. The zero-order chi connectivity index (χ0) is 15.7. The molecule has 22 heavy (non-hydrogen) atoms. The highest BCUT2D eigenvalue weighted by molar-refractivity contribution is 7.89. The van der Waals surface area contributed by atoms with Crippen molar-refractivity contribution in [3.63, 3.8) is 0 Å². The highest BCUT2D eigenvalue weighted by atomic mass is 32.2. The molecule has 0 amide bonds. The van der Waals surface area contributed by atoms with Crippen molar-refractivity contribution in [3.8, 4) is 0 Å². The van der Waals surface area contributed by atoms with E-state index in [1.807, 2.05) is 0 Å². The van der Waals surface area contributed by atoms with Gasteiger partial charge in [0.2, 0.25) is 10.0 Å². The van der Waals surface area contributed by atoms with Crippen LogP contribution in [0.1, 0.15) is 24.4 Å². The van der Waals surface area contributed by atoms with Crippen molar-refractivity contribution >= 4 is 10.0 Å². The standard InChI is InChI=1S/C15H14F2N2O2S/c16-12-7-13(17)9-14(8-12)22(20,21)19-6-2-4-15(19)11-3-1-5-18-10-11/h1,3,5,7-10,15H,2,4,6H2/t15-/m1/s1. The van der Waals surface area contributed by atoms with Gasteiger partial charge in [-0.05, 0) is 36.6 Å². The van der Waals surface area contributed by atoms with Gasteiger partial charge >= 0.3 is 0 Å². The van der Waals surface area contributed by atoms with Crippen molar-refractivity contribution in [2.45, 2.75) is 23.8 Å². The number of hydrogen-bond acceptors (Lipinski definition) is 3. The molecule has 0 radical (unpaired) electrons. The minimum atomic E-state index is -3.96. The molecule has 1 aromatic carbocycles. The first-order valence-electron chi connectivity index (χ1n) is 6.86. The van der Waals surface area contributed by atoms with E-state index in [0.717, 1.165) is 17.7 Å². The number of nitrogens with zero attached hydrogens (tertiary/aromatic N) is 2. The van der Waals surface area contributed by atoms with Crippen LogP contribution in [0.3, 0.4) is 0 Å². The molecule has 7 heteroatoms. The molecule has 116 valence electrons. The molecule has 1 aromatic heterocycles. The molecule has 3 rings (SSSR count). The Morgan fingerprint density at radius 3 is 2.55 bits per heavy atom. The maximum absolute atomic E-state index is 13.3. The average molecular weight is 324 g/mol. The second-order valence-electron chi connectivity index (χ2n) is 5.17. The summed E-state index contributed by atoms with van der Waals surface area (Å²) in [7, 11) is -3.96. The van der Waals surface area contributed by atoms with Crippen LogP contribution in [0.2, 0.25) is 0 Å². The molecule has 0 bridgehead atoms. The van der Waals surface area contributed by atoms with E-state index >= 15 is 0 Å². The van der Waals surface area contributed by atoms with E-state index in [9.17, 15) is 17.2 Å². The summed E-state index contributed by atoms with van der Waals surface area (Å²) in [5.74, 6) is -1.81. The smallest absolute Gasteiger partial charge is 0.243 e. The van der Waals surface area contributed by atoms with Crippen LogP contribution in [-0.2, 0) is 10.0 Å². The molecular formula is C15H14F2N2O2S. The number of benzene rings is 1. The summed E-state index contributed by atoms with van der Waals surface area (Å²) in [5, 5.41) is 0. The average Bonchev–Trinajstić information content (AvgIpc) is 2.97. The molecular weight excluding hydrogens is 310 g/mol. The third-order valence-electron chi connectivity index (χ3n) is 3.72. The fraction of sp³-hybridized carbons (Fsp3) is 0.267. The van der Waals surface area contributed by atoms with E-state index in [0.29, 0.717) is 25.5 Å². The summed E-state index contributed by atoms with van der Waals surface area (Å²) < 4.78 is 53.3. The number of aromatic nitrogens is 1. The SMILES string of the molecule is O=S(=O)(c1cc(F)cc(F)c1)N1CCC[C@@H]1c1cccnc1. The molecule has 1 aliphatic rings. The van der Waals surface area contributed by atoms with Gasteiger partial charge in [0, 0.05) is 25.0 Å². The molecule has 0 saturated carbocycles. The van der Waals surface area contributed by atoms with Gasteiger partial charge in [0.15, 0.2) is 0 Å². The molecule has 4 nitrogen and oxygen atoms in total. The van der Waals surface area contributed by atoms with Gasteiger partial charge in [-0.1, -0.05) is 6.07 Å². The first-order valence-corrected chi connectivity index (χ1v) is 8.30. The topological polar surface area (TPSA) is 50.3 Å². The van der Waals surface area contributed by atoms with Crippen molar-refractivity contribution in [1.29, 1.82) is 0 Å². The third-order valence-corrected chi connectivity index (χ3v) is 5.60. The Hall–Kier alpha value is -1.86. The molecule has 2 aromatic rings. The van der Waals surface area contributed by atoms with E-state index in [4.69, 9.17) is 0 Å². The van der Waals surface area contributed by atoms with Gasteiger partial charge in [-0.25, -0.2) is 17.2 Å². The molecule has 0 unspecified atom stereocenters. The van der Waals surface area contributed by atoms with Crippen molar-refractivity contribution in [2.24, 2.45) is 0 Å². The number of rotatable bonds is 3. The van der Waals surface area contributed by atoms with Crippen molar-refractivity contribution < 1.29 is 17.2 Å². The highest BCUT2D eigenvalue weighted by Crippen LogP contribution is 2.36. The van der Waals surface area contributed by atoms with Gasteiger partial charge in [-0.2, -0.15) is 4.31 Å². The minimum absolute atomic E-state index is 0.319. The van der Waals surface area contributed by atoms with E-state index in [1.165, 1.54) is 4.31 Å². The second-order valence-corrected chi connectivity index (χ2v) is 7.06.